The van der Waals surface area contributed by atoms with Crippen LogP contribution in [-0.2, 0) is 4.79 Å². The largest absolute Gasteiger partial charge is 0.356 e. The molecular weight excluding hydrogens is 228 g/mol. The molecule has 1 unspecified atom stereocenters. The van der Waals surface area contributed by atoms with Crippen molar-refractivity contribution < 1.29 is 4.79 Å². The number of aromatic nitrogens is 2. The molecule has 1 amide bonds. The second-order valence-electron chi connectivity index (χ2n) is 4.75. The van der Waals surface area contributed by atoms with Crippen molar-refractivity contribution in [2.45, 2.75) is 27.2 Å². The molecule has 0 aromatic carbocycles. The number of nitrogens with zero attached hydrogens (tertiary/aromatic N) is 3. The molecule has 1 aromatic heterocycles. The summed E-state index contributed by atoms with van der Waals surface area (Å²) in [6.07, 6.45) is 2.66. The third-order valence-electron chi connectivity index (χ3n) is 3.26. The van der Waals surface area contributed by atoms with Crippen LogP contribution in [-0.4, -0.2) is 35.5 Å². The van der Waals surface area contributed by atoms with E-state index in [9.17, 15) is 4.79 Å². The molecule has 5 heteroatoms. The van der Waals surface area contributed by atoms with E-state index in [4.69, 9.17) is 0 Å². The number of aryl methyl sites for hydroxylation is 2. The predicted molar refractivity (Wildman–Crippen MR) is 70.5 cm³/mol. The minimum Gasteiger partial charge on any atom is -0.356 e. The summed E-state index contributed by atoms with van der Waals surface area (Å²) in [7, 11) is 0. The van der Waals surface area contributed by atoms with E-state index in [1.54, 1.807) is 6.20 Å². The number of carbonyl (C=O) groups is 1. The van der Waals surface area contributed by atoms with Gasteiger partial charge < -0.3 is 10.2 Å². The van der Waals surface area contributed by atoms with Crippen LogP contribution < -0.4 is 10.2 Å². The van der Waals surface area contributed by atoms with Crippen molar-refractivity contribution in [1.29, 1.82) is 0 Å². The van der Waals surface area contributed by atoms with Crippen molar-refractivity contribution in [2.75, 3.05) is 24.5 Å². The molecule has 98 valence electrons. The molecule has 1 atom stereocenters. The Morgan fingerprint density at radius 2 is 2.33 bits per heavy atom. The number of rotatable bonds is 3. The summed E-state index contributed by atoms with van der Waals surface area (Å²) >= 11 is 0. The Balaban J connectivity index is 2.08. The maximum Gasteiger partial charge on any atom is 0.224 e. The Labute approximate surface area is 108 Å². The molecule has 18 heavy (non-hydrogen) atoms. The van der Waals surface area contributed by atoms with Crippen molar-refractivity contribution in [3.05, 3.63) is 17.6 Å². The normalized spacial score (nSPS) is 19.1. The first-order valence-corrected chi connectivity index (χ1v) is 6.44. The molecule has 5 nitrogen and oxygen atoms in total. The van der Waals surface area contributed by atoms with Gasteiger partial charge in [-0.15, -0.1) is 0 Å². The lowest BCUT2D eigenvalue weighted by atomic mass is 10.1. The van der Waals surface area contributed by atoms with Gasteiger partial charge in [-0.05, 0) is 27.2 Å². The number of hydrogen-bond donors (Lipinski definition) is 1. The fraction of sp³-hybridized carbons (Fsp3) is 0.615. The van der Waals surface area contributed by atoms with Crippen LogP contribution in [0.2, 0.25) is 0 Å². The van der Waals surface area contributed by atoms with Gasteiger partial charge in [-0.25, -0.2) is 4.98 Å². The van der Waals surface area contributed by atoms with E-state index in [1.807, 2.05) is 20.8 Å². The van der Waals surface area contributed by atoms with E-state index in [0.29, 0.717) is 6.54 Å². The van der Waals surface area contributed by atoms with Gasteiger partial charge in [0, 0.05) is 25.8 Å². The smallest absolute Gasteiger partial charge is 0.224 e. The first-order chi connectivity index (χ1) is 8.61. The molecule has 1 fully saturated rings. The van der Waals surface area contributed by atoms with Crippen molar-refractivity contribution in [1.82, 2.24) is 15.3 Å². The van der Waals surface area contributed by atoms with Crippen molar-refractivity contribution >= 4 is 11.7 Å². The highest BCUT2D eigenvalue weighted by Crippen LogP contribution is 2.24. The summed E-state index contributed by atoms with van der Waals surface area (Å²) in [6.45, 7) is 8.15. The average molecular weight is 248 g/mol. The van der Waals surface area contributed by atoms with Crippen LogP contribution in [0.15, 0.2) is 6.20 Å². The van der Waals surface area contributed by atoms with Gasteiger partial charge in [-0.3, -0.25) is 9.78 Å². The third kappa shape index (κ3) is 2.60. The maximum absolute atomic E-state index is 11.8. The van der Waals surface area contributed by atoms with E-state index in [0.717, 1.165) is 36.7 Å². The van der Waals surface area contributed by atoms with Gasteiger partial charge in [0.2, 0.25) is 5.91 Å². The average Bonchev–Trinajstić information content (AvgIpc) is 2.82. The highest BCUT2D eigenvalue weighted by Gasteiger charge is 2.29. The lowest BCUT2D eigenvalue weighted by Crippen LogP contribution is -2.32. The zero-order valence-corrected chi connectivity index (χ0v) is 11.2. The first-order valence-electron chi connectivity index (χ1n) is 6.44. The Morgan fingerprint density at radius 1 is 1.56 bits per heavy atom. The fourth-order valence-electron chi connectivity index (χ4n) is 2.31. The summed E-state index contributed by atoms with van der Waals surface area (Å²) in [5, 5.41) is 2.88. The third-order valence-corrected chi connectivity index (χ3v) is 3.26. The van der Waals surface area contributed by atoms with Crippen molar-refractivity contribution in [3.8, 4) is 0 Å². The van der Waals surface area contributed by atoms with E-state index in [1.165, 1.54) is 0 Å². The molecule has 0 saturated carbocycles. The van der Waals surface area contributed by atoms with Gasteiger partial charge in [0.25, 0.3) is 0 Å². The SMILES string of the molecule is CCNC(=O)C1CCN(c2nc(C)cnc2C)C1. The highest BCUT2D eigenvalue weighted by molar-refractivity contribution is 5.80. The van der Waals surface area contributed by atoms with Gasteiger partial charge in [0.05, 0.1) is 17.3 Å². The summed E-state index contributed by atoms with van der Waals surface area (Å²) in [4.78, 5) is 22.8. The van der Waals surface area contributed by atoms with Crippen LogP contribution in [0.25, 0.3) is 0 Å². The molecule has 1 aromatic rings. The second kappa shape index (κ2) is 5.33. The van der Waals surface area contributed by atoms with Gasteiger partial charge in [0.1, 0.15) is 5.82 Å². The minimum absolute atomic E-state index is 0.0756. The van der Waals surface area contributed by atoms with Crippen LogP contribution >= 0.6 is 0 Å². The standard InChI is InChI=1S/C13H20N4O/c1-4-14-13(18)11-5-6-17(8-11)12-10(3)15-7-9(2)16-12/h7,11H,4-6,8H2,1-3H3,(H,14,18). The molecule has 1 aliphatic heterocycles. The van der Waals surface area contributed by atoms with Gasteiger partial charge in [-0.1, -0.05) is 0 Å². The lowest BCUT2D eigenvalue weighted by Gasteiger charge is -2.19. The number of anilines is 1. The van der Waals surface area contributed by atoms with E-state index < -0.39 is 0 Å². The van der Waals surface area contributed by atoms with Crippen LogP contribution in [0.5, 0.6) is 0 Å². The fourth-order valence-corrected chi connectivity index (χ4v) is 2.31. The molecule has 1 N–H and O–H groups in total. The van der Waals surface area contributed by atoms with Crippen LogP contribution in [0.1, 0.15) is 24.7 Å². The lowest BCUT2D eigenvalue weighted by molar-refractivity contribution is -0.124. The Hall–Kier alpha value is -1.65. The summed E-state index contributed by atoms with van der Waals surface area (Å²) in [6, 6.07) is 0. The topological polar surface area (TPSA) is 58.1 Å². The molecule has 2 heterocycles. The van der Waals surface area contributed by atoms with E-state index in [2.05, 4.69) is 20.2 Å². The summed E-state index contributed by atoms with van der Waals surface area (Å²) in [5.74, 6) is 1.15. The molecule has 2 rings (SSSR count). The molecule has 1 saturated heterocycles. The minimum atomic E-state index is 0.0756. The molecule has 1 aliphatic rings. The van der Waals surface area contributed by atoms with E-state index in [-0.39, 0.29) is 11.8 Å². The van der Waals surface area contributed by atoms with Crippen LogP contribution in [0, 0.1) is 19.8 Å². The Kier molecular flexibility index (Phi) is 3.79. The van der Waals surface area contributed by atoms with E-state index >= 15 is 0 Å². The second-order valence-corrected chi connectivity index (χ2v) is 4.75. The van der Waals surface area contributed by atoms with Crippen molar-refractivity contribution in [2.24, 2.45) is 5.92 Å². The molecule has 0 aliphatic carbocycles. The molecule has 0 bridgehead atoms. The zero-order valence-electron chi connectivity index (χ0n) is 11.2. The highest BCUT2D eigenvalue weighted by atomic mass is 16.1. The zero-order chi connectivity index (χ0) is 13.1. The molecule has 0 radical (unpaired) electrons. The Bertz CT molecular complexity index is 447. The van der Waals surface area contributed by atoms with Crippen LogP contribution in [0.3, 0.4) is 0 Å². The predicted octanol–water partition coefficient (Wildman–Crippen LogP) is 1.06. The first kappa shape index (κ1) is 12.8. The quantitative estimate of drug-likeness (QED) is 0.869. The van der Waals surface area contributed by atoms with Crippen molar-refractivity contribution in [3.63, 3.8) is 0 Å². The number of nitrogens with one attached hydrogen (secondary N) is 1. The molecule has 0 spiro atoms. The van der Waals surface area contributed by atoms with Gasteiger partial charge >= 0.3 is 0 Å². The number of amides is 1. The monoisotopic (exact) mass is 248 g/mol. The number of carbonyl (C=O) groups excluding carboxylic acids is 1. The van der Waals surface area contributed by atoms with Gasteiger partial charge in [0.15, 0.2) is 0 Å². The number of hydrogen-bond acceptors (Lipinski definition) is 4. The van der Waals surface area contributed by atoms with Gasteiger partial charge in [-0.2, -0.15) is 0 Å². The van der Waals surface area contributed by atoms with Crippen LogP contribution in [0.4, 0.5) is 5.82 Å². The Morgan fingerprint density at radius 3 is 3.06 bits per heavy atom. The summed E-state index contributed by atoms with van der Waals surface area (Å²) < 4.78 is 0. The maximum atomic E-state index is 11.8. The summed E-state index contributed by atoms with van der Waals surface area (Å²) in [5.41, 5.74) is 1.84. The molecular formula is C13H20N4O.